The Morgan fingerprint density at radius 1 is 1.11 bits per heavy atom. The minimum absolute atomic E-state index is 0.0306. The highest BCUT2D eigenvalue weighted by Crippen LogP contribution is 2.23. The first kappa shape index (κ1) is 27.9. The van der Waals surface area contributed by atoms with Crippen LogP contribution in [0.15, 0.2) is 48.5 Å². The summed E-state index contributed by atoms with van der Waals surface area (Å²) in [6.07, 6.45) is 6.37. The maximum atomic E-state index is 13.7. The van der Waals surface area contributed by atoms with Gasteiger partial charge in [-0.3, -0.25) is 13.9 Å². The summed E-state index contributed by atoms with van der Waals surface area (Å²) in [4.78, 5) is 28.4. The summed E-state index contributed by atoms with van der Waals surface area (Å²) in [6, 6.07) is 11.1. The van der Waals surface area contributed by atoms with Crippen molar-refractivity contribution in [3.63, 3.8) is 0 Å². The number of anilines is 1. The quantitative estimate of drug-likeness (QED) is 0.483. The zero-order valence-corrected chi connectivity index (χ0v) is 22.2. The van der Waals surface area contributed by atoms with E-state index in [9.17, 15) is 22.4 Å². The Morgan fingerprint density at radius 2 is 1.78 bits per heavy atom. The normalized spacial score (nSPS) is 15.2. The lowest BCUT2D eigenvalue weighted by Gasteiger charge is -2.34. The molecule has 0 saturated heterocycles. The molecule has 196 valence electrons. The minimum Gasteiger partial charge on any atom is -0.352 e. The van der Waals surface area contributed by atoms with Gasteiger partial charge in [0.2, 0.25) is 21.8 Å². The highest BCUT2D eigenvalue weighted by atomic mass is 35.5. The van der Waals surface area contributed by atoms with E-state index in [0.717, 1.165) is 42.7 Å². The minimum atomic E-state index is -3.84. The number of hydrogen-bond donors (Lipinski definition) is 1. The molecule has 2 amide bonds. The van der Waals surface area contributed by atoms with Crippen molar-refractivity contribution in [3.05, 3.63) is 64.9 Å². The maximum Gasteiger partial charge on any atom is 0.244 e. The van der Waals surface area contributed by atoms with E-state index in [-0.39, 0.29) is 24.2 Å². The summed E-state index contributed by atoms with van der Waals surface area (Å²) >= 11 is 6.06. The number of amides is 2. The second kappa shape index (κ2) is 12.5. The average Bonchev–Trinajstić information content (AvgIpc) is 2.83. The van der Waals surface area contributed by atoms with Gasteiger partial charge in [0.1, 0.15) is 18.4 Å². The predicted octanol–water partition coefficient (Wildman–Crippen LogP) is 4.50. The highest BCUT2D eigenvalue weighted by Gasteiger charge is 2.32. The number of sulfonamides is 1. The Kier molecular flexibility index (Phi) is 9.73. The van der Waals surface area contributed by atoms with Gasteiger partial charge in [-0.2, -0.15) is 0 Å². The first-order valence-corrected chi connectivity index (χ1v) is 14.4. The molecule has 0 spiro atoms. The third-order valence-corrected chi connectivity index (χ3v) is 7.75. The van der Waals surface area contributed by atoms with Crippen LogP contribution < -0.4 is 9.62 Å². The van der Waals surface area contributed by atoms with Crippen LogP contribution in [-0.4, -0.2) is 50.0 Å². The van der Waals surface area contributed by atoms with E-state index in [1.54, 1.807) is 37.3 Å². The molecule has 0 radical (unpaired) electrons. The van der Waals surface area contributed by atoms with Gasteiger partial charge in [0, 0.05) is 17.6 Å². The Balaban J connectivity index is 1.90. The molecular formula is C26H33ClFN3O4S. The van der Waals surface area contributed by atoms with Gasteiger partial charge in [-0.15, -0.1) is 0 Å². The van der Waals surface area contributed by atoms with Crippen molar-refractivity contribution in [2.45, 2.75) is 64.1 Å². The molecule has 0 aromatic heterocycles. The second-order valence-corrected chi connectivity index (χ2v) is 11.5. The van der Waals surface area contributed by atoms with Crippen LogP contribution in [0.2, 0.25) is 5.02 Å². The number of hydrogen-bond acceptors (Lipinski definition) is 4. The van der Waals surface area contributed by atoms with E-state index in [1.807, 2.05) is 0 Å². The molecule has 3 rings (SSSR count). The zero-order chi connectivity index (χ0) is 26.3. The molecule has 0 aliphatic heterocycles. The number of nitrogens with zero attached hydrogens (tertiary/aromatic N) is 2. The zero-order valence-electron chi connectivity index (χ0n) is 20.6. The van der Waals surface area contributed by atoms with Crippen LogP contribution in [0.1, 0.15) is 51.0 Å². The van der Waals surface area contributed by atoms with Crippen LogP contribution in [-0.2, 0) is 26.2 Å². The molecule has 1 N–H and O–H groups in total. The number of carbonyl (C=O) groups excluding carboxylic acids is 2. The van der Waals surface area contributed by atoms with Gasteiger partial charge < -0.3 is 10.2 Å². The van der Waals surface area contributed by atoms with Crippen molar-refractivity contribution in [1.29, 1.82) is 0 Å². The SMILES string of the molecule is CCC(C(=O)NC1CCCCC1)N(Cc1ccc(F)cc1)C(=O)CN(c1cccc(Cl)c1)S(C)(=O)=O. The van der Waals surface area contributed by atoms with E-state index in [4.69, 9.17) is 11.6 Å². The highest BCUT2D eigenvalue weighted by molar-refractivity contribution is 7.92. The van der Waals surface area contributed by atoms with Crippen molar-refractivity contribution < 1.29 is 22.4 Å². The van der Waals surface area contributed by atoms with Crippen molar-refractivity contribution >= 4 is 39.1 Å². The molecule has 1 aliphatic carbocycles. The Hall–Kier alpha value is -2.65. The lowest BCUT2D eigenvalue weighted by Crippen LogP contribution is -2.53. The van der Waals surface area contributed by atoms with Crippen molar-refractivity contribution in [2.24, 2.45) is 0 Å². The molecule has 1 saturated carbocycles. The third-order valence-electron chi connectivity index (χ3n) is 6.38. The molecule has 1 atom stereocenters. The monoisotopic (exact) mass is 537 g/mol. The number of halogens is 2. The van der Waals surface area contributed by atoms with Crippen molar-refractivity contribution in [2.75, 3.05) is 17.1 Å². The predicted molar refractivity (Wildman–Crippen MR) is 140 cm³/mol. The first-order chi connectivity index (χ1) is 17.1. The van der Waals surface area contributed by atoms with Gasteiger partial charge >= 0.3 is 0 Å². The van der Waals surface area contributed by atoms with Crippen LogP contribution in [0.3, 0.4) is 0 Å². The van der Waals surface area contributed by atoms with Gasteiger partial charge in [-0.05, 0) is 55.2 Å². The van der Waals surface area contributed by atoms with Crippen LogP contribution in [0, 0.1) is 5.82 Å². The summed E-state index contributed by atoms with van der Waals surface area (Å²) in [5.41, 5.74) is 0.877. The largest absolute Gasteiger partial charge is 0.352 e. The maximum absolute atomic E-state index is 13.7. The molecule has 0 heterocycles. The van der Waals surface area contributed by atoms with Gasteiger partial charge in [-0.1, -0.05) is 56.0 Å². The molecule has 1 aliphatic rings. The van der Waals surface area contributed by atoms with Gasteiger partial charge in [0.15, 0.2) is 0 Å². The fraction of sp³-hybridized carbons (Fsp3) is 0.462. The van der Waals surface area contributed by atoms with Gasteiger partial charge in [0.05, 0.1) is 11.9 Å². The Bertz CT molecular complexity index is 1150. The summed E-state index contributed by atoms with van der Waals surface area (Å²) in [5.74, 6) is -1.23. The molecule has 36 heavy (non-hydrogen) atoms. The smallest absolute Gasteiger partial charge is 0.244 e. The number of benzene rings is 2. The number of carbonyl (C=O) groups is 2. The summed E-state index contributed by atoms with van der Waals surface area (Å²) in [7, 11) is -3.84. The number of rotatable bonds is 10. The third kappa shape index (κ3) is 7.67. The van der Waals surface area contributed by atoms with Crippen molar-refractivity contribution in [1.82, 2.24) is 10.2 Å². The molecule has 2 aromatic rings. The topological polar surface area (TPSA) is 86.8 Å². The van der Waals surface area contributed by atoms with Crippen molar-refractivity contribution in [3.8, 4) is 0 Å². The lowest BCUT2D eigenvalue weighted by atomic mass is 9.95. The van der Waals surface area contributed by atoms with E-state index in [1.165, 1.54) is 23.1 Å². The number of nitrogens with one attached hydrogen (secondary N) is 1. The molecule has 0 bridgehead atoms. The summed E-state index contributed by atoms with van der Waals surface area (Å²) in [5, 5.41) is 3.41. The Morgan fingerprint density at radius 3 is 2.36 bits per heavy atom. The van der Waals surface area contributed by atoms with Crippen LogP contribution in [0.4, 0.5) is 10.1 Å². The fourth-order valence-corrected chi connectivity index (χ4v) is 5.52. The van der Waals surface area contributed by atoms with Crippen LogP contribution in [0.5, 0.6) is 0 Å². The molecule has 7 nitrogen and oxygen atoms in total. The summed E-state index contributed by atoms with van der Waals surface area (Å²) in [6.45, 7) is 1.33. The standard InChI is InChI=1S/C26H33ClFN3O4S/c1-3-24(26(33)29-22-9-5-4-6-10-22)30(17-19-12-14-21(28)15-13-19)25(32)18-31(36(2,34)35)23-11-7-8-20(27)16-23/h7-8,11-16,22,24H,3-6,9-10,17-18H2,1-2H3,(H,29,33). The fourth-order valence-electron chi connectivity index (χ4n) is 4.50. The summed E-state index contributed by atoms with van der Waals surface area (Å²) < 4.78 is 39.7. The van der Waals surface area contributed by atoms with E-state index in [0.29, 0.717) is 17.0 Å². The van der Waals surface area contributed by atoms with E-state index < -0.39 is 34.3 Å². The molecular weight excluding hydrogens is 505 g/mol. The molecule has 1 unspecified atom stereocenters. The van der Waals surface area contributed by atoms with Crippen LogP contribution in [0.25, 0.3) is 0 Å². The molecule has 10 heteroatoms. The first-order valence-electron chi connectivity index (χ1n) is 12.2. The van der Waals surface area contributed by atoms with Crippen LogP contribution >= 0.6 is 11.6 Å². The van der Waals surface area contributed by atoms with E-state index >= 15 is 0 Å². The van der Waals surface area contributed by atoms with Gasteiger partial charge in [-0.25, -0.2) is 12.8 Å². The van der Waals surface area contributed by atoms with Gasteiger partial charge in [0.25, 0.3) is 0 Å². The molecule has 2 aromatic carbocycles. The molecule has 1 fully saturated rings. The lowest BCUT2D eigenvalue weighted by molar-refractivity contribution is -0.140. The Labute approximate surface area is 217 Å². The average molecular weight is 538 g/mol. The second-order valence-electron chi connectivity index (χ2n) is 9.17. The van der Waals surface area contributed by atoms with E-state index in [2.05, 4.69) is 5.32 Å².